The first kappa shape index (κ1) is 15.9. The zero-order chi connectivity index (χ0) is 12.4. The Morgan fingerprint density at radius 2 is 1.38 bits per heavy atom. The van der Waals surface area contributed by atoms with Crippen LogP contribution in [0.2, 0.25) is 0 Å². The smallest absolute Gasteiger partial charge is 0.267 e. The molecule has 0 spiro atoms. The van der Waals surface area contributed by atoms with E-state index in [-0.39, 0.29) is 0 Å². The molecule has 0 aromatic rings. The van der Waals surface area contributed by atoms with Crippen LogP contribution in [-0.2, 0) is 10.1 Å². The van der Waals surface area contributed by atoms with Crippen LogP contribution in [0.3, 0.4) is 0 Å². The van der Waals surface area contributed by atoms with E-state index in [1.165, 1.54) is 38.5 Å². The van der Waals surface area contributed by atoms with Gasteiger partial charge in [0.15, 0.2) is 0 Å². The summed E-state index contributed by atoms with van der Waals surface area (Å²) in [4.78, 5) is 0. The summed E-state index contributed by atoms with van der Waals surface area (Å²) >= 11 is 0. The molecule has 1 N–H and O–H groups in total. The van der Waals surface area contributed by atoms with Crippen molar-refractivity contribution in [2.45, 2.75) is 76.9 Å². The molecule has 0 aromatic heterocycles. The van der Waals surface area contributed by atoms with E-state index < -0.39 is 15.4 Å². The molecule has 0 amide bonds. The van der Waals surface area contributed by atoms with E-state index in [1.807, 2.05) is 0 Å². The van der Waals surface area contributed by atoms with Crippen molar-refractivity contribution in [1.82, 2.24) is 0 Å². The highest BCUT2D eigenvalue weighted by Gasteiger charge is 2.15. The first-order valence-electron chi connectivity index (χ1n) is 6.44. The van der Waals surface area contributed by atoms with Gasteiger partial charge in [0, 0.05) is 0 Å². The summed E-state index contributed by atoms with van der Waals surface area (Å²) in [5.41, 5.74) is 0. The van der Waals surface area contributed by atoms with Gasteiger partial charge in [0.1, 0.15) is 0 Å². The molecule has 0 radical (unpaired) electrons. The first-order valence-corrected chi connectivity index (χ1v) is 7.95. The fraction of sp³-hybridized carbons (Fsp3) is 1.00. The molecule has 0 rings (SSSR count). The summed E-state index contributed by atoms with van der Waals surface area (Å²) in [5.74, 6) is 0. The molecule has 0 bridgehead atoms. The second kappa shape index (κ2) is 8.99. The van der Waals surface area contributed by atoms with Crippen molar-refractivity contribution >= 4 is 10.1 Å². The van der Waals surface area contributed by atoms with Crippen LogP contribution in [0.1, 0.15) is 71.6 Å². The highest BCUT2D eigenvalue weighted by Crippen LogP contribution is 2.13. The van der Waals surface area contributed by atoms with Crippen LogP contribution in [0.4, 0.5) is 0 Å². The van der Waals surface area contributed by atoms with Gasteiger partial charge >= 0.3 is 0 Å². The molecule has 0 aliphatic heterocycles. The van der Waals surface area contributed by atoms with E-state index in [4.69, 9.17) is 4.55 Å². The number of hydrogen-bond donors (Lipinski definition) is 1. The number of rotatable bonds is 10. The molecule has 1 atom stereocenters. The van der Waals surface area contributed by atoms with Crippen LogP contribution >= 0.6 is 0 Å². The number of unbranched alkanes of at least 4 members (excludes halogenated alkanes) is 7. The van der Waals surface area contributed by atoms with Gasteiger partial charge in [-0.2, -0.15) is 8.42 Å². The largest absolute Gasteiger partial charge is 0.285 e. The minimum Gasteiger partial charge on any atom is -0.285 e. The fourth-order valence-electron chi connectivity index (χ4n) is 1.71. The van der Waals surface area contributed by atoms with E-state index >= 15 is 0 Å². The third kappa shape index (κ3) is 9.16. The van der Waals surface area contributed by atoms with Crippen LogP contribution in [-0.4, -0.2) is 18.2 Å². The lowest BCUT2D eigenvalue weighted by Crippen LogP contribution is -2.16. The van der Waals surface area contributed by atoms with Gasteiger partial charge in [-0.1, -0.05) is 58.3 Å². The second-order valence-electron chi connectivity index (χ2n) is 4.59. The predicted molar refractivity (Wildman–Crippen MR) is 68.2 cm³/mol. The highest BCUT2D eigenvalue weighted by atomic mass is 32.2. The lowest BCUT2D eigenvalue weighted by Gasteiger charge is -2.07. The zero-order valence-corrected chi connectivity index (χ0v) is 11.4. The van der Waals surface area contributed by atoms with Crippen LogP contribution in [0, 0.1) is 0 Å². The van der Waals surface area contributed by atoms with Crippen LogP contribution in [0.25, 0.3) is 0 Å². The van der Waals surface area contributed by atoms with Crippen LogP contribution < -0.4 is 0 Å². The Kier molecular flexibility index (Phi) is 8.94. The number of hydrogen-bond acceptors (Lipinski definition) is 2. The third-order valence-corrected chi connectivity index (χ3v) is 4.23. The Balaban J connectivity index is 3.28. The molecule has 0 saturated carbocycles. The summed E-state index contributed by atoms with van der Waals surface area (Å²) in [7, 11) is -3.81. The van der Waals surface area contributed by atoms with Crippen molar-refractivity contribution in [2.24, 2.45) is 0 Å². The molecule has 0 heterocycles. The average Bonchev–Trinajstić information content (AvgIpc) is 2.20. The standard InChI is InChI=1S/C12H26O3S/c1-3-4-5-6-7-8-9-10-11-12(2)16(13,14)15/h12H,3-11H2,1-2H3,(H,13,14,15). The summed E-state index contributed by atoms with van der Waals surface area (Å²) < 4.78 is 30.2. The molecule has 98 valence electrons. The lowest BCUT2D eigenvalue weighted by molar-refractivity contribution is 0.461. The molecule has 0 saturated heterocycles. The summed E-state index contributed by atoms with van der Waals surface area (Å²) in [6.45, 7) is 3.77. The minimum atomic E-state index is -3.81. The Labute approximate surface area is 100 Å². The monoisotopic (exact) mass is 250 g/mol. The third-order valence-electron chi connectivity index (χ3n) is 2.97. The summed E-state index contributed by atoms with van der Waals surface area (Å²) in [6, 6.07) is 0. The predicted octanol–water partition coefficient (Wildman–Crippen LogP) is 3.79. The lowest BCUT2D eigenvalue weighted by atomic mass is 10.1. The maximum atomic E-state index is 10.7. The molecule has 16 heavy (non-hydrogen) atoms. The van der Waals surface area contributed by atoms with Gasteiger partial charge in [-0.15, -0.1) is 0 Å². The van der Waals surface area contributed by atoms with Gasteiger partial charge in [-0.3, -0.25) is 4.55 Å². The Bertz CT molecular complexity index is 247. The first-order chi connectivity index (χ1) is 7.48. The molecule has 0 aliphatic carbocycles. The maximum Gasteiger partial charge on any atom is 0.267 e. The molecule has 4 heteroatoms. The van der Waals surface area contributed by atoms with Gasteiger partial charge in [0.2, 0.25) is 0 Å². The molecule has 3 nitrogen and oxygen atoms in total. The van der Waals surface area contributed by atoms with E-state index in [0.29, 0.717) is 6.42 Å². The minimum absolute atomic E-state index is 0.577. The van der Waals surface area contributed by atoms with Gasteiger partial charge in [0.05, 0.1) is 5.25 Å². The topological polar surface area (TPSA) is 54.4 Å². The quantitative estimate of drug-likeness (QED) is 0.474. The molecule has 1 unspecified atom stereocenters. The SMILES string of the molecule is CCCCCCCCCCC(C)S(=O)(=O)O. The van der Waals surface area contributed by atoms with E-state index in [1.54, 1.807) is 6.92 Å². The average molecular weight is 250 g/mol. The van der Waals surface area contributed by atoms with Gasteiger partial charge in [-0.05, 0) is 13.3 Å². The van der Waals surface area contributed by atoms with Gasteiger partial charge < -0.3 is 0 Å². The highest BCUT2D eigenvalue weighted by molar-refractivity contribution is 7.86. The van der Waals surface area contributed by atoms with Crippen molar-refractivity contribution in [1.29, 1.82) is 0 Å². The van der Waals surface area contributed by atoms with E-state index in [9.17, 15) is 8.42 Å². The Hall–Kier alpha value is -0.0900. The molecule has 0 aromatic carbocycles. The van der Waals surface area contributed by atoms with Gasteiger partial charge in [0.25, 0.3) is 10.1 Å². The van der Waals surface area contributed by atoms with Crippen molar-refractivity contribution in [3.8, 4) is 0 Å². The maximum absolute atomic E-state index is 10.7. The molecular weight excluding hydrogens is 224 g/mol. The Morgan fingerprint density at radius 3 is 1.81 bits per heavy atom. The van der Waals surface area contributed by atoms with Crippen molar-refractivity contribution in [3.63, 3.8) is 0 Å². The second-order valence-corrected chi connectivity index (χ2v) is 6.42. The summed E-state index contributed by atoms with van der Waals surface area (Å²) in [5, 5.41) is -0.604. The van der Waals surface area contributed by atoms with E-state index in [0.717, 1.165) is 12.8 Å². The van der Waals surface area contributed by atoms with Crippen molar-refractivity contribution < 1.29 is 13.0 Å². The molecule has 0 aliphatic rings. The van der Waals surface area contributed by atoms with Gasteiger partial charge in [-0.25, -0.2) is 0 Å². The van der Waals surface area contributed by atoms with Crippen LogP contribution in [0.15, 0.2) is 0 Å². The van der Waals surface area contributed by atoms with Crippen molar-refractivity contribution in [3.05, 3.63) is 0 Å². The van der Waals surface area contributed by atoms with E-state index in [2.05, 4.69) is 6.92 Å². The fourth-order valence-corrected chi connectivity index (χ4v) is 2.18. The Morgan fingerprint density at radius 1 is 0.938 bits per heavy atom. The van der Waals surface area contributed by atoms with Crippen molar-refractivity contribution in [2.75, 3.05) is 0 Å². The normalized spacial score (nSPS) is 13.9. The summed E-state index contributed by atoms with van der Waals surface area (Å²) in [6.07, 6.45) is 10.2. The molecular formula is C12H26O3S. The zero-order valence-electron chi connectivity index (χ0n) is 10.6. The molecule has 0 fully saturated rings. The van der Waals surface area contributed by atoms with Crippen LogP contribution in [0.5, 0.6) is 0 Å².